The Labute approximate surface area is 181 Å². The van der Waals surface area contributed by atoms with Crippen molar-refractivity contribution in [1.29, 1.82) is 0 Å². The fraction of sp³-hybridized carbons (Fsp3) is 0.440. The second kappa shape index (κ2) is 7.69. The normalized spacial score (nSPS) is 17.0. The van der Waals surface area contributed by atoms with Gasteiger partial charge < -0.3 is 9.74 Å². The first-order valence-corrected chi connectivity index (χ1v) is 14.0. The summed E-state index contributed by atoms with van der Waals surface area (Å²) in [7, 11) is -1.95. The van der Waals surface area contributed by atoms with Crippen LogP contribution in [0.15, 0.2) is 42.5 Å². The van der Waals surface area contributed by atoms with Crippen molar-refractivity contribution in [2.75, 3.05) is 5.32 Å². The predicted molar refractivity (Wildman–Crippen MR) is 125 cm³/mol. The molecule has 4 nitrogen and oxygen atoms in total. The summed E-state index contributed by atoms with van der Waals surface area (Å²) in [5, 5.41) is 3.01. The largest absolute Gasteiger partial charge is 0.516 e. The molecule has 0 radical (unpaired) electrons. The van der Waals surface area contributed by atoms with Crippen LogP contribution in [0.25, 0.3) is 0 Å². The molecule has 2 aromatic carbocycles. The van der Waals surface area contributed by atoms with E-state index in [1.807, 2.05) is 25.7 Å². The van der Waals surface area contributed by atoms with E-state index in [1.54, 1.807) is 24.3 Å². The fourth-order valence-corrected chi connectivity index (χ4v) is 4.64. The Morgan fingerprint density at radius 2 is 1.37 bits per heavy atom. The molecule has 0 spiro atoms. The van der Waals surface area contributed by atoms with Gasteiger partial charge in [-0.1, -0.05) is 33.8 Å². The molecule has 3 rings (SSSR count). The highest BCUT2D eigenvalue weighted by atomic mass is 28.4. The molecule has 0 saturated carbocycles. The lowest BCUT2D eigenvalue weighted by Crippen LogP contribution is -2.33. The average Bonchev–Trinajstić information content (AvgIpc) is 2.64. The molecule has 1 aliphatic rings. The van der Waals surface area contributed by atoms with Crippen molar-refractivity contribution in [2.45, 2.75) is 71.0 Å². The summed E-state index contributed by atoms with van der Waals surface area (Å²) in [6, 6.07) is 12.9. The molecule has 0 aromatic heterocycles. The Bertz CT molecular complexity index is 969. The van der Waals surface area contributed by atoms with Gasteiger partial charge in [-0.15, -0.1) is 0 Å². The molecule has 5 heteroatoms. The summed E-state index contributed by atoms with van der Waals surface area (Å²) in [5.74, 6) is -0.520. The van der Waals surface area contributed by atoms with E-state index in [0.29, 0.717) is 11.1 Å². The van der Waals surface area contributed by atoms with Crippen LogP contribution < -0.4 is 5.32 Å². The van der Waals surface area contributed by atoms with Crippen LogP contribution in [0.3, 0.4) is 0 Å². The molecule has 1 N–H and O–H groups in total. The van der Waals surface area contributed by atoms with Crippen LogP contribution in [0.1, 0.15) is 72.4 Å². The number of anilines is 1. The molecular weight excluding hydrogens is 390 g/mol. The van der Waals surface area contributed by atoms with Gasteiger partial charge in [0.05, 0.1) is 5.56 Å². The number of nitrogens with one attached hydrogen (secondary N) is 1. The van der Waals surface area contributed by atoms with E-state index in [9.17, 15) is 9.59 Å². The molecule has 1 aliphatic carbocycles. The van der Waals surface area contributed by atoms with Gasteiger partial charge in [0.15, 0.2) is 0 Å². The number of hydrogen-bond acceptors (Lipinski definition) is 3. The SMILES string of the molecule is CC1(C)CCC(C)(C)c2cc(NC(=O)c3ccc(C(=O)O[Si](C)(C)C)cc3)ccc21. The van der Waals surface area contributed by atoms with Gasteiger partial charge >= 0.3 is 5.97 Å². The summed E-state index contributed by atoms with van der Waals surface area (Å²) in [4.78, 5) is 25.0. The van der Waals surface area contributed by atoms with Crippen molar-refractivity contribution in [2.24, 2.45) is 0 Å². The predicted octanol–water partition coefficient (Wildman–Crippen LogP) is 6.28. The van der Waals surface area contributed by atoms with Crippen LogP contribution in [0.4, 0.5) is 5.69 Å². The Kier molecular flexibility index (Phi) is 5.71. The third-order valence-electron chi connectivity index (χ3n) is 5.89. The fourth-order valence-electron chi connectivity index (χ4n) is 3.96. The zero-order valence-electron chi connectivity index (χ0n) is 19.2. The Morgan fingerprint density at radius 1 is 0.833 bits per heavy atom. The summed E-state index contributed by atoms with van der Waals surface area (Å²) in [6.45, 7) is 15.0. The standard InChI is InChI=1S/C25H33NO3Si/c1-24(2)14-15-25(3,4)21-16-19(12-13-20(21)24)26-22(27)17-8-10-18(11-9-17)23(28)29-30(5,6)7/h8-13,16H,14-15H2,1-7H3,(H,26,27). The van der Waals surface area contributed by atoms with Gasteiger partial charge in [0, 0.05) is 11.3 Å². The van der Waals surface area contributed by atoms with Crippen LogP contribution in [0, 0.1) is 0 Å². The van der Waals surface area contributed by atoms with Crippen molar-refractivity contribution in [3.8, 4) is 0 Å². The van der Waals surface area contributed by atoms with E-state index in [0.717, 1.165) is 18.5 Å². The van der Waals surface area contributed by atoms with Crippen LogP contribution in [0.2, 0.25) is 19.6 Å². The van der Waals surface area contributed by atoms with E-state index < -0.39 is 8.32 Å². The van der Waals surface area contributed by atoms with Gasteiger partial charge in [0.25, 0.3) is 5.91 Å². The number of hydrogen-bond donors (Lipinski definition) is 1. The van der Waals surface area contributed by atoms with Crippen LogP contribution in [0.5, 0.6) is 0 Å². The quantitative estimate of drug-likeness (QED) is 0.589. The minimum absolute atomic E-state index is 0.0873. The molecule has 0 unspecified atom stereocenters. The van der Waals surface area contributed by atoms with Crippen molar-refractivity contribution in [3.63, 3.8) is 0 Å². The van der Waals surface area contributed by atoms with Crippen molar-refractivity contribution < 1.29 is 14.0 Å². The van der Waals surface area contributed by atoms with Crippen molar-refractivity contribution in [3.05, 3.63) is 64.7 Å². The molecule has 0 saturated heterocycles. The number of benzene rings is 2. The van der Waals surface area contributed by atoms with Crippen LogP contribution in [-0.2, 0) is 15.3 Å². The Hall–Kier alpha value is -2.40. The van der Waals surface area contributed by atoms with E-state index in [1.165, 1.54) is 11.1 Å². The number of carbonyl (C=O) groups is 2. The molecular formula is C25H33NO3Si. The minimum Gasteiger partial charge on any atom is -0.516 e. The van der Waals surface area contributed by atoms with Crippen LogP contribution >= 0.6 is 0 Å². The average molecular weight is 424 g/mol. The number of fused-ring (bicyclic) bond motifs is 1. The van der Waals surface area contributed by atoms with Gasteiger partial charge in [-0.25, -0.2) is 4.79 Å². The van der Waals surface area contributed by atoms with Gasteiger partial charge in [-0.2, -0.15) is 0 Å². The molecule has 0 atom stereocenters. The first-order chi connectivity index (χ1) is 13.8. The molecule has 0 aliphatic heterocycles. The van der Waals surface area contributed by atoms with Gasteiger partial charge in [-0.05, 0) is 90.8 Å². The molecule has 1 amide bonds. The molecule has 0 fully saturated rings. The Balaban J connectivity index is 1.78. The second-order valence-corrected chi connectivity index (χ2v) is 15.0. The molecule has 30 heavy (non-hydrogen) atoms. The number of rotatable bonds is 4. The third-order valence-corrected chi connectivity index (χ3v) is 6.69. The third kappa shape index (κ3) is 4.83. The summed E-state index contributed by atoms with van der Waals surface area (Å²) < 4.78 is 5.51. The Morgan fingerprint density at radius 3 is 1.93 bits per heavy atom. The maximum absolute atomic E-state index is 12.8. The first kappa shape index (κ1) is 22.3. The summed E-state index contributed by atoms with van der Waals surface area (Å²) in [6.07, 6.45) is 2.28. The van der Waals surface area contributed by atoms with E-state index in [4.69, 9.17) is 4.43 Å². The zero-order chi connectivity index (χ0) is 22.3. The highest BCUT2D eigenvalue weighted by Crippen LogP contribution is 2.46. The first-order valence-electron chi connectivity index (χ1n) is 10.6. The van der Waals surface area contributed by atoms with Gasteiger partial charge in [0.2, 0.25) is 8.32 Å². The zero-order valence-corrected chi connectivity index (χ0v) is 20.2. The van der Waals surface area contributed by atoms with E-state index in [-0.39, 0.29) is 22.7 Å². The number of carbonyl (C=O) groups excluding carboxylic acids is 2. The highest BCUT2D eigenvalue weighted by molar-refractivity contribution is 6.71. The molecule has 2 aromatic rings. The lowest BCUT2D eigenvalue weighted by Gasteiger charge is -2.42. The van der Waals surface area contributed by atoms with E-state index in [2.05, 4.69) is 45.1 Å². The number of amides is 1. The maximum Gasteiger partial charge on any atom is 0.324 e. The topological polar surface area (TPSA) is 55.4 Å². The molecule has 0 heterocycles. The van der Waals surface area contributed by atoms with Crippen molar-refractivity contribution in [1.82, 2.24) is 0 Å². The van der Waals surface area contributed by atoms with E-state index >= 15 is 0 Å². The van der Waals surface area contributed by atoms with Gasteiger partial charge in [-0.3, -0.25) is 4.79 Å². The smallest absolute Gasteiger partial charge is 0.324 e. The van der Waals surface area contributed by atoms with Crippen LogP contribution in [-0.4, -0.2) is 20.2 Å². The molecule has 0 bridgehead atoms. The van der Waals surface area contributed by atoms with Crippen molar-refractivity contribution >= 4 is 25.9 Å². The lowest BCUT2D eigenvalue weighted by molar-refractivity contribution is 0.0724. The monoisotopic (exact) mass is 423 g/mol. The molecule has 160 valence electrons. The minimum atomic E-state index is -1.95. The highest BCUT2D eigenvalue weighted by Gasteiger charge is 2.37. The van der Waals surface area contributed by atoms with Gasteiger partial charge in [0.1, 0.15) is 0 Å². The summed E-state index contributed by atoms with van der Waals surface area (Å²) >= 11 is 0. The summed E-state index contributed by atoms with van der Waals surface area (Å²) in [5.41, 5.74) is 4.68. The maximum atomic E-state index is 12.8. The lowest BCUT2D eigenvalue weighted by atomic mass is 9.63. The second-order valence-electron chi connectivity index (χ2n) is 10.6.